The lowest BCUT2D eigenvalue weighted by Gasteiger charge is -2.27. The van der Waals surface area contributed by atoms with E-state index >= 15 is 0 Å². The maximum Gasteiger partial charge on any atom is 0.222 e. The molecule has 1 fully saturated rings. The molecule has 128 valence electrons. The lowest BCUT2D eigenvalue weighted by Crippen LogP contribution is -2.49. The molecule has 0 aromatic carbocycles. The Morgan fingerprint density at radius 3 is 2.59 bits per heavy atom. The third-order valence-corrected chi connectivity index (χ3v) is 4.41. The van der Waals surface area contributed by atoms with Gasteiger partial charge in [0, 0.05) is 45.2 Å². The van der Waals surface area contributed by atoms with Crippen LogP contribution >= 0.6 is 0 Å². The second-order valence-electron chi connectivity index (χ2n) is 5.85. The Bertz CT molecular complexity index is 368. The number of likely N-dealkylation sites (N-methyl/N-ethyl adjacent to an activating group) is 1. The maximum absolute atomic E-state index is 11.7. The summed E-state index contributed by atoms with van der Waals surface area (Å²) < 4.78 is 0. The highest BCUT2D eigenvalue weighted by molar-refractivity contribution is 5.80. The molecule has 0 bridgehead atoms. The number of nitrogens with zero attached hydrogens (tertiary/aromatic N) is 3. The second-order valence-corrected chi connectivity index (χ2v) is 5.85. The monoisotopic (exact) mass is 311 g/mol. The first-order valence-electron chi connectivity index (χ1n) is 8.54. The molecule has 22 heavy (non-hydrogen) atoms. The van der Waals surface area contributed by atoms with Crippen LogP contribution in [0.3, 0.4) is 0 Å². The highest BCUT2D eigenvalue weighted by atomic mass is 16.2. The van der Waals surface area contributed by atoms with E-state index in [0.717, 1.165) is 45.1 Å². The number of hydrogen-bond donors (Lipinski definition) is 2. The summed E-state index contributed by atoms with van der Waals surface area (Å²) >= 11 is 0. The summed E-state index contributed by atoms with van der Waals surface area (Å²) in [6, 6.07) is 0.765. The molecule has 1 amide bonds. The number of guanidine groups is 1. The quantitative estimate of drug-likeness (QED) is 0.541. The first kappa shape index (κ1) is 18.7. The summed E-state index contributed by atoms with van der Waals surface area (Å²) in [5, 5.41) is 6.83. The average Bonchev–Trinajstić information content (AvgIpc) is 3.00. The van der Waals surface area contributed by atoms with Gasteiger partial charge in [-0.05, 0) is 26.4 Å². The number of rotatable bonds is 7. The van der Waals surface area contributed by atoms with Crippen molar-refractivity contribution in [2.45, 2.75) is 52.6 Å². The molecule has 6 heteroatoms. The van der Waals surface area contributed by atoms with Crippen molar-refractivity contribution >= 4 is 11.9 Å². The van der Waals surface area contributed by atoms with E-state index in [1.165, 1.54) is 0 Å². The first-order valence-corrected chi connectivity index (χ1v) is 8.54. The molecular formula is C16H33N5O. The van der Waals surface area contributed by atoms with Gasteiger partial charge in [0.1, 0.15) is 0 Å². The minimum atomic E-state index is 0.238. The van der Waals surface area contributed by atoms with Crippen molar-refractivity contribution < 1.29 is 4.79 Å². The average molecular weight is 311 g/mol. The normalized spacial score (nSPS) is 20.4. The van der Waals surface area contributed by atoms with Crippen LogP contribution in [-0.2, 0) is 4.79 Å². The van der Waals surface area contributed by atoms with E-state index in [0.29, 0.717) is 18.5 Å². The van der Waals surface area contributed by atoms with Gasteiger partial charge in [-0.2, -0.15) is 0 Å². The van der Waals surface area contributed by atoms with E-state index < -0.39 is 0 Å². The summed E-state index contributed by atoms with van der Waals surface area (Å²) in [5.74, 6) is 1.07. The molecule has 1 rings (SSSR count). The molecule has 0 aromatic heterocycles. The smallest absolute Gasteiger partial charge is 0.222 e. The van der Waals surface area contributed by atoms with Gasteiger partial charge in [-0.1, -0.05) is 20.8 Å². The molecule has 0 spiro atoms. The Labute approximate surface area is 135 Å². The number of amides is 1. The van der Waals surface area contributed by atoms with Crippen LogP contribution < -0.4 is 10.6 Å². The third kappa shape index (κ3) is 5.48. The molecule has 1 aliphatic heterocycles. The molecule has 1 saturated heterocycles. The van der Waals surface area contributed by atoms with E-state index in [2.05, 4.69) is 41.3 Å². The van der Waals surface area contributed by atoms with E-state index in [4.69, 9.17) is 0 Å². The first-order chi connectivity index (χ1) is 10.5. The van der Waals surface area contributed by atoms with Gasteiger partial charge in [0.15, 0.2) is 5.96 Å². The predicted octanol–water partition coefficient (Wildman–Crippen LogP) is 0.893. The van der Waals surface area contributed by atoms with Crippen LogP contribution in [0.25, 0.3) is 0 Å². The maximum atomic E-state index is 11.7. The van der Waals surface area contributed by atoms with Crippen molar-refractivity contribution in [3.8, 4) is 0 Å². The Kier molecular flexibility index (Phi) is 8.24. The largest absolute Gasteiger partial charge is 0.355 e. The van der Waals surface area contributed by atoms with Gasteiger partial charge in [-0.25, -0.2) is 0 Å². The van der Waals surface area contributed by atoms with Crippen molar-refractivity contribution in [2.24, 2.45) is 4.99 Å². The number of likely N-dealkylation sites (tertiary alicyclic amines) is 1. The van der Waals surface area contributed by atoms with Crippen LogP contribution in [0.1, 0.15) is 40.5 Å². The fraction of sp³-hybridized carbons (Fsp3) is 0.875. The van der Waals surface area contributed by atoms with Gasteiger partial charge in [0.25, 0.3) is 0 Å². The Hall–Kier alpha value is -1.30. The third-order valence-electron chi connectivity index (χ3n) is 4.41. The zero-order chi connectivity index (χ0) is 16.5. The number of carbonyl (C=O) groups excluding carboxylic acids is 1. The number of hydrogen-bond acceptors (Lipinski definition) is 3. The fourth-order valence-corrected chi connectivity index (χ4v) is 2.94. The standard InChI is InChI=1S/C16H33N5O/c1-6-15(22)21-10-9-14(12-21)19-16(17-5)18-11-13(4)20(7-2)8-3/h13-14H,6-12H2,1-5H3,(H2,17,18,19). The van der Waals surface area contributed by atoms with Crippen molar-refractivity contribution in [3.05, 3.63) is 0 Å². The number of aliphatic imine (C=N–C) groups is 1. The van der Waals surface area contributed by atoms with Crippen LogP contribution in [-0.4, -0.2) is 73.5 Å². The number of carbonyl (C=O) groups is 1. The molecule has 2 atom stereocenters. The van der Waals surface area contributed by atoms with E-state index in [-0.39, 0.29) is 5.91 Å². The second kappa shape index (κ2) is 9.66. The molecule has 0 aromatic rings. The zero-order valence-corrected chi connectivity index (χ0v) is 14.9. The van der Waals surface area contributed by atoms with E-state index in [9.17, 15) is 4.79 Å². The Morgan fingerprint density at radius 2 is 2.05 bits per heavy atom. The van der Waals surface area contributed by atoms with Crippen LogP contribution in [0.15, 0.2) is 4.99 Å². The van der Waals surface area contributed by atoms with Gasteiger partial charge in [-0.3, -0.25) is 14.7 Å². The molecule has 6 nitrogen and oxygen atoms in total. The summed E-state index contributed by atoms with van der Waals surface area (Å²) in [6.07, 6.45) is 1.57. The summed E-state index contributed by atoms with van der Waals surface area (Å²) in [6.45, 7) is 13.1. The van der Waals surface area contributed by atoms with E-state index in [1.807, 2.05) is 11.8 Å². The van der Waals surface area contributed by atoms with Gasteiger partial charge >= 0.3 is 0 Å². The lowest BCUT2D eigenvalue weighted by molar-refractivity contribution is -0.129. The van der Waals surface area contributed by atoms with Gasteiger partial charge < -0.3 is 15.5 Å². The summed E-state index contributed by atoms with van der Waals surface area (Å²) in [4.78, 5) is 20.4. The van der Waals surface area contributed by atoms with Crippen LogP contribution in [0.2, 0.25) is 0 Å². The molecule has 0 saturated carbocycles. The molecule has 2 unspecified atom stereocenters. The Morgan fingerprint density at radius 1 is 1.36 bits per heavy atom. The van der Waals surface area contributed by atoms with E-state index in [1.54, 1.807) is 7.05 Å². The SMILES string of the molecule is CCC(=O)N1CCC(NC(=NC)NCC(C)N(CC)CC)C1. The fourth-order valence-electron chi connectivity index (χ4n) is 2.94. The molecular weight excluding hydrogens is 278 g/mol. The van der Waals surface area contributed by atoms with Gasteiger partial charge in [0.05, 0.1) is 0 Å². The molecule has 1 aliphatic rings. The molecule has 0 aliphatic carbocycles. The Balaban J connectivity index is 2.39. The molecule has 0 radical (unpaired) electrons. The van der Waals surface area contributed by atoms with Crippen molar-refractivity contribution in [1.82, 2.24) is 20.4 Å². The summed E-state index contributed by atoms with van der Waals surface area (Å²) in [5.41, 5.74) is 0. The van der Waals surface area contributed by atoms with Gasteiger partial charge in [-0.15, -0.1) is 0 Å². The van der Waals surface area contributed by atoms with Crippen LogP contribution in [0, 0.1) is 0 Å². The zero-order valence-electron chi connectivity index (χ0n) is 14.9. The summed E-state index contributed by atoms with van der Waals surface area (Å²) in [7, 11) is 1.79. The van der Waals surface area contributed by atoms with Crippen LogP contribution in [0.5, 0.6) is 0 Å². The van der Waals surface area contributed by atoms with Crippen molar-refractivity contribution in [2.75, 3.05) is 39.8 Å². The topological polar surface area (TPSA) is 60.0 Å². The van der Waals surface area contributed by atoms with Crippen molar-refractivity contribution in [1.29, 1.82) is 0 Å². The highest BCUT2D eigenvalue weighted by Gasteiger charge is 2.25. The molecule has 1 heterocycles. The number of nitrogens with one attached hydrogen (secondary N) is 2. The van der Waals surface area contributed by atoms with Crippen LogP contribution in [0.4, 0.5) is 0 Å². The lowest BCUT2D eigenvalue weighted by atomic mass is 10.2. The van der Waals surface area contributed by atoms with Crippen molar-refractivity contribution in [3.63, 3.8) is 0 Å². The highest BCUT2D eigenvalue weighted by Crippen LogP contribution is 2.10. The predicted molar refractivity (Wildman–Crippen MR) is 92.2 cm³/mol. The molecule has 2 N–H and O–H groups in total. The van der Waals surface area contributed by atoms with Gasteiger partial charge in [0.2, 0.25) is 5.91 Å². The minimum Gasteiger partial charge on any atom is -0.355 e. The minimum absolute atomic E-state index is 0.238.